The molecule has 2 fully saturated rings. The molecule has 118 valence electrons. The summed E-state index contributed by atoms with van der Waals surface area (Å²) in [5, 5.41) is 2.99. The summed E-state index contributed by atoms with van der Waals surface area (Å²) >= 11 is 0. The Balaban J connectivity index is 1.38. The largest absolute Gasteiger partial charge is 0.355 e. The van der Waals surface area contributed by atoms with E-state index in [4.69, 9.17) is 0 Å². The molecule has 1 heterocycles. The van der Waals surface area contributed by atoms with E-state index < -0.39 is 0 Å². The Labute approximate surface area is 131 Å². The Morgan fingerprint density at radius 1 is 1.05 bits per heavy atom. The third-order valence-electron chi connectivity index (χ3n) is 4.36. The number of carbonyl (C=O) groups is 2. The van der Waals surface area contributed by atoms with E-state index in [1.165, 1.54) is 0 Å². The second-order valence-electron chi connectivity index (χ2n) is 6.07. The van der Waals surface area contributed by atoms with E-state index in [0.717, 1.165) is 51.1 Å². The third kappa shape index (κ3) is 3.85. The Hall–Kier alpha value is -1.88. The molecule has 5 heteroatoms. The van der Waals surface area contributed by atoms with Gasteiger partial charge in [0, 0.05) is 50.7 Å². The first-order valence-electron chi connectivity index (χ1n) is 8.08. The Morgan fingerprint density at radius 2 is 1.73 bits per heavy atom. The molecule has 1 saturated carbocycles. The van der Waals surface area contributed by atoms with Gasteiger partial charge in [0.05, 0.1) is 0 Å². The Bertz CT molecular complexity index is 520. The van der Waals surface area contributed by atoms with Gasteiger partial charge < -0.3 is 10.2 Å². The lowest BCUT2D eigenvalue weighted by Gasteiger charge is -2.34. The van der Waals surface area contributed by atoms with E-state index in [1.807, 2.05) is 35.2 Å². The van der Waals surface area contributed by atoms with Crippen LogP contribution in [0.15, 0.2) is 30.3 Å². The third-order valence-corrected chi connectivity index (χ3v) is 4.36. The highest BCUT2D eigenvalue weighted by Crippen LogP contribution is 2.28. The van der Waals surface area contributed by atoms with Gasteiger partial charge in [0.25, 0.3) is 5.91 Å². The summed E-state index contributed by atoms with van der Waals surface area (Å²) < 4.78 is 0. The molecule has 1 N–H and O–H groups in total. The minimum atomic E-state index is 0.113. The van der Waals surface area contributed by atoms with Crippen molar-refractivity contribution in [2.75, 3.05) is 39.3 Å². The van der Waals surface area contributed by atoms with E-state index in [9.17, 15) is 9.59 Å². The number of piperazine rings is 1. The number of amides is 2. The lowest BCUT2D eigenvalue weighted by Crippen LogP contribution is -2.50. The van der Waals surface area contributed by atoms with Crippen LogP contribution < -0.4 is 5.32 Å². The molecule has 1 aromatic carbocycles. The van der Waals surface area contributed by atoms with Crippen LogP contribution in [0.25, 0.3) is 0 Å². The quantitative estimate of drug-likeness (QED) is 0.882. The van der Waals surface area contributed by atoms with Crippen molar-refractivity contribution in [1.29, 1.82) is 0 Å². The SMILES string of the molecule is O=C(NCCN1CCN(C(=O)c2ccccc2)CC1)C1CC1. The molecule has 0 atom stereocenters. The van der Waals surface area contributed by atoms with Gasteiger partial charge in [-0.3, -0.25) is 14.5 Å². The maximum Gasteiger partial charge on any atom is 0.253 e. The Kier molecular flexibility index (Phi) is 4.73. The molecule has 1 aliphatic carbocycles. The summed E-state index contributed by atoms with van der Waals surface area (Å²) in [5.41, 5.74) is 0.757. The molecular weight excluding hydrogens is 278 g/mol. The molecule has 0 unspecified atom stereocenters. The molecule has 0 bridgehead atoms. The minimum Gasteiger partial charge on any atom is -0.355 e. The van der Waals surface area contributed by atoms with Crippen molar-refractivity contribution in [1.82, 2.24) is 15.1 Å². The summed E-state index contributed by atoms with van der Waals surface area (Å²) in [6.45, 7) is 4.83. The Morgan fingerprint density at radius 3 is 2.36 bits per heavy atom. The fraction of sp³-hybridized carbons (Fsp3) is 0.529. The first-order chi connectivity index (χ1) is 10.7. The minimum absolute atomic E-state index is 0.113. The molecule has 1 aliphatic heterocycles. The lowest BCUT2D eigenvalue weighted by molar-refractivity contribution is -0.122. The van der Waals surface area contributed by atoms with Crippen LogP contribution in [0.5, 0.6) is 0 Å². The zero-order valence-corrected chi connectivity index (χ0v) is 12.8. The molecule has 2 aliphatic rings. The van der Waals surface area contributed by atoms with Gasteiger partial charge >= 0.3 is 0 Å². The van der Waals surface area contributed by atoms with E-state index in [0.29, 0.717) is 6.54 Å². The molecule has 22 heavy (non-hydrogen) atoms. The van der Waals surface area contributed by atoms with Gasteiger partial charge in [0.2, 0.25) is 5.91 Å². The summed E-state index contributed by atoms with van der Waals surface area (Å²) in [7, 11) is 0. The predicted octanol–water partition coefficient (Wildman–Crippen LogP) is 0.971. The molecule has 1 saturated heterocycles. The number of nitrogens with zero attached hydrogens (tertiary/aromatic N) is 2. The number of nitrogens with one attached hydrogen (secondary N) is 1. The zero-order valence-electron chi connectivity index (χ0n) is 12.8. The van der Waals surface area contributed by atoms with Crippen molar-refractivity contribution in [2.24, 2.45) is 5.92 Å². The van der Waals surface area contributed by atoms with Crippen molar-refractivity contribution in [3.63, 3.8) is 0 Å². The second kappa shape index (κ2) is 6.92. The number of carbonyl (C=O) groups excluding carboxylic acids is 2. The highest BCUT2D eigenvalue weighted by molar-refractivity contribution is 5.94. The fourth-order valence-electron chi connectivity index (χ4n) is 2.76. The second-order valence-corrected chi connectivity index (χ2v) is 6.07. The molecule has 1 aromatic rings. The normalized spacial score (nSPS) is 19.0. The fourth-order valence-corrected chi connectivity index (χ4v) is 2.76. The van der Waals surface area contributed by atoms with Gasteiger partial charge in [-0.05, 0) is 25.0 Å². The van der Waals surface area contributed by atoms with Crippen LogP contribution in [0.3, 0.4) is 0 Å². The van der Waals surface area contributed by atoms with Gasteiger partial charge in [-0.1, -0.05) is 18.2 Å². The van der Waals surface area contributed by atoms with Crippen LogP contribution in [0.1, 0.15) is 23.2 Å². The van der Waals surface area contributed by atoms with Gasteiger partial charge in [-0.15, -0.1) is 0 Å². The number of hydrogen-bond donors (Lipinski definition) is 1. The number of hydrogen-bond acceptors (Lipinski definition) is 3. The molecule has 0 radical (unpaired) electrons. The monoisotopic (exact) mass is 301 g/mol. The molecule has 3 rings (SSSR count). The lowest BCUT2D eigenvalue weighted by atomic mass is 10.2. The first-order valence-corrected chi connectivity index (χ1v) is 8.08. The molecule has 5 nitrogen and oxygen atoms in total. The molecule has 0 spiro atoms. The van der Waals surface area contributed by atoms with E-state index >= 15 is 0 Å². The summed E-state index contributed by atoms with van der Waals surface area (Å²) in [6, 6.07) is 9.44. The zero-order chi connectivity index (χ0) is 15.4. The first kappa shape index (κ1) is 15.0. The standard InChI is InChI=1S/C17H23N3O2/c21-16(14-6-7-14)18-8-9-19-10-12-20(13-11-19)17(22)15-4-2-1-3-5-15/h1-5,14H,6-13H2,(H,18,21). The predicted molar refractivity (Wildman–Crippen MR) is 84.5 cm³/mol. The van der Waals surface area contributed by atoms with Crippen molar-refractivity contribution in [2.45, 2.75) is 12.8 Å². The van der Waals surface area contributed by atoms with Gasteiger partial charge in [-0.2, -0.15) is 0 Å². The average Bonchev–Trinajstić information content (AvgIpc) is 3.40. The van der Waals surface area contributed by atoms with Gasteiger partial charge in [0.15, 0.2) is 0 Å². The average molecular weight is 301 g/mol. The smallest absolute Gasteiger partial charge is 0.253 e. The molecule has 2 amide bonds. The van der Waals surface area contributed by atoms with E-state index in [2.05, 4.69) is 10.2 Å². The van der Waals surface area contributed by atoms with E-state index in [-0.39, 0.29) is 17.7 Å². The van der Waals surface area contributed by atoms with Crippen molar-refractivity contribution in [3.8, 4) is 0 Å². The molecular formula is C17H23N3O2. The number of benzene rings is 1. The van der Waals surface area contributed by atoms with Crippen LogP contribution in [0.2, 0.25) is 0 Å². The summed E-state index contributed by atoms with van der Waals surface area (Å²) in [4.78, 5) is 28.1. The summed E-state index contributed by atoms with van der Waals surface area (Å²) in [6.07, 6.45) is 2.10. The van der Waals surface area contributed by atoms with Crippen LogP contribution in [-0.2, 0) is 4.79 Å². The van der Waals surface area contributed by atoms with Crippen LogP contribution in [0, 0.1) is 5.92 Å². The van der Waals surface area contributed by atoms with E-state index in [1.54, 1.807) is 0 Å². The van der Waals surface area contributed by atoms with Crippen LogP contribution >= 0.6 is 0 Å². The van der Waals surface area contributed by atoms with Crippen molar-refractivity contribution >= 4 is 11.8 Å². The maximum absolute atomic E-state index is 12.3. The van der Waals surface area contributed by atoms with Gasteiger partial charge in [0.1, 0.15) is 0 Å². The highest BCUT2D eigenvalue weighted by atomic mass is 16.2. The topological polar surface area (TPSA) is 52.7 Å². The highest BCUT2D eigenvalue weighted by Gasteiger charge is 2.29. The maximum atomic E-state index is 12.3. The van der Waals surface area contributed by atoms with Crippen LogP contribution in [-0.4, -0.2) is 60.9 Å². The van der Waals surface area contributed by atoms with Crippen molar-refractivity contribution in [3.05, 3.63) is 35.9 Å². The van der Waals surface area contributed by atoms with Gasteiger partial charge in [-0.25, -0.2) is 0 Å². The summed E-state index contributed by atoms with van der Waals surface area (Å²) in [5.74, 6) is 0.598. The van der Waals surface area contributed by atoms with Crippen LogP contribution in [0.4, 0.5) is 0 Å². The number of rotatable bonds is 5. The molecule has 0 aromatic heterocycles. The van der Waals surface area contributed by atoms with Crippen molar-refractivity contribution < 1.29 is 9.59 Å².